The van der Waals surface area contributed by atoms with E-state index in [1.165, 1.54) is 31.0 Å². The lowest BCUT2D eigenvalue weighted by atomic mass is 9.98. The zero-order valence-electron chi connectivity index (χ0n) is 16.1. The van der Waals surface area contributed by atoms with E-state index in [1.54, 1.807) is 4.90 Å². The van der Waals surface area contributed by atoms with E-state index in [1.807, 2.05) is 36.4 Å². The normalized spacial score (nSPS) is 19.4. The Bertz CT molecular complexity index is 727. The van der Waals surface area contributed by atoms with Gasteiger partial charge in [-0.3, -0.25) is 14.5 Å². The van der Waals surface area contributed by atoms with Gasteiger partial charge in [-0.25, -0.2) is 0 Å². The first-order valence-electron chi connectivity index (χ1n) is 10.1. The van der Waals surface area contributed by atoms with Crippen molar-refractivity contribution in [2.75, 3.05) is 6.54 Å². The summed E-state index contributed by atoms with van der Waals surface area (Å²) in [5.41, 5.74) is 1.000. The Labute approximate surface area is 176 Å². The molecule has 0 spiro atoms. The van der Waals surface area contributed by atoms with Crippen LogP contribution in [0.3, 0.4) is 0 Å². The number of hydrogen-bond acceptors (Lipinski definition) is 5. The maximum atomic E-state index is 12.6. The zero-order valence-corrected chi connectivity index (χ0v) is 17.7. The molecule has 1 aromatic rings. The van der Waals surface area contributed by atoms with Crippen molar-refractivity contribution in [3.05, 3.63) is 40.8 Å². The van der Waals surface area contributed by atoms with Gasteiger partial charge in [-0.2, -0.15) is 0 Å². The summed E-state index contributed by atoms with van der Waals surface area (Å²) in [6, 6.07) is 9.79. The number of thiocarbonyl (C=S) groups is 1. The van der Waals surface area contributed by atoms with Crippen molar-refractivity contribution < 1.29 is 14.3 Å². The molecule has 150 valence electrons. The number of benzene rings is 1. The first-order valence-corrected chi connectivity index (χ1v) is 11.4. The third-order valence-electron chi connectivity index (χ3n) is 5.08. The summed E-state index contributed by atoms with van der Waals surface area (Å²) in [4.78, 5) is 26.9. The van der Waals surface area contributed by atoms with E-state index >= 15 is 0 Å². The Hall–Kier alpha value is -1.66. The largest absolute Gasteiger partial charge is 0.462 e. The minimum absolute atomic E-state index is 0.0180. The monoisotopic (exact) mass is 417 g/mol. The average molecular weight is 418 g/mol. The van der Waals surface area contributed by atoms with Crippen molar-refractivity contribution in [1.29, 1.82) is 0 Å². The van der Waals surface area contributed by atoms with Crippen molar-refractivity contribution in [2.45, 2.75) is 63.9 Å². The summed E-state index contributed by atoms with van der Waals surface area (Å²) in [6.07, 6.45) is 10.6. The van der Waals surface area contributed by atoms with Crippen LogP contribution in [0.15, 0.2) is 35.2 Å². The molecule has 1 aliphatic heterocycles. The first-order chi connectivity index (χ1) is 13.6. The van der Waals surface area contributed by atoms with Crippen molar-refractivity contribution in [1.82, 2.24) is 4.90 Å². The molecule has 1 saturated heterocycles. The molecule has 1 heterocycles. The number of rotatable bonds is 8. The van der Waals surface area contributed by atoms with E-state index in [-0.39, 0.29) is 18.0 Å². The quantitative estimate of drug-likeness (QED) is 0.248. The molecule has 4 nitrogen and oxygen atoms in total. The summed E-state index contributed by atoms with van der Waals surface area (Å²) < 4.78 is 6.16. The lowest BCUT2D eigenvalue weighted by Gasteiger charge is -2.21. The Balaban J connectivity index is 1.36. The van der Waals surface area contributed by atoms with Crippen LogP contribution in [0.5, 0.6) is 0 Å². The molecule has 0 N–H and O–H groups in total. The summed E-state index contributed by atoms with van der Waals surface area (Å²) in [6.45, 7) is 0.606. The fraction of sp³-hybridized carbons (Fsp3) is 0.500. The van der Waals surface area contributed by atoms with Gasteiger partial charge in [-0.15, -0.1) is 0 Å². The number of esters is 1. The lowest BCUT2D eigenvalue weighted by molar-refractivity contribution is -0.150. The predicted molar refractivity (Wildman–Crippen MR) is 118 cm³/mol. The Kier molecular flexibility index (Phi) is 8.10. The van der Waals surface area contributed by atoms with E-state index in [0.717, 1.165) is 37.7 Å². The number of thioether (sulfide) groups is 1. The molecule has 0 atom stereocenters. The van der Waals surface area contributed by atoms with Crippen LogP contribution >= 0.6 is 24.0 Å². The van der Waals surface area contributed by atoms with Gasteiger partial charge in [0.2, 0.25) is 0 Å². The van der Waals surface area contributed by atoms with Crippen LogP contribution in [0.2, 0.25) is 0 Å². The molecule has 1 aromatic carbocycles. The molecule has 0 unspecified atom stereocenters. The molecule has 3 rings (SSSR count). The molecular formula is C22H27NO3S2. The Morgan fingerprint density at radius 3 is 2.64 bits per heavy atom. The summed E-state index contributed by atoms with van der Waals surface area (Å²) in [5, 5.41) is 0. The summed E-state index contributed by atoms with van der Waals surface area (Å²) in [7, 11) is 0. The smallest absolute Gasteiger partial charge is 0.306 e. The second-order valence-corrected chi connectivity index (χ2v) is 8.98. The van der Waals surface area contributed by atoms with Gasteiger partial charge in [-0.1, -0.05) is 67.2 Å². The van der Waals surface area contributed by atoms with Crippen LogP contribution in [-0.2, 0) is 14.3 Å². The summed E-state index contributed by atoms with van der Waals surface area (Å²) in [5.74, 6) is -0.0983. The van der Waals surface area contributed by atoms with Gasteiger partial charge in [-0.05, 0) is 50.2 Å². The number of carbonyl (C=O) groups excluding carboxylic acids is 2. The summed E-state index contributed by atoms with van der Waals surface area (Å²) >= 11 is 6.73. The Morgan fingerprint density at radius 1 is 1.14 bits per heavy atom. The van der Waals surface area contributed by atoms with Crippen LogP contribution in [0.25, 0.3) is 6.08 Å². The first kappa shape index (κ1) is 21.1. The van der Waals surface area contributed by atoms with Crippen LogP contribution in [0, 0.1) is 0 Å². The number of unbranched alkanes of at least 4 members (excludes halogenated alkanes) is 2. The highest BCUT2D eigenvalue weighted by Gasteiger charge is 2.31. The van der Waals surface area contributed by atoms with E-state index < -0.39 is 0 Å². The number of hydrogen-bond donors (Lipinski definition) is 0. The molecule has 6 heteroatoms. The number of carbonyl (C=O) groups is 2. The van der Waals surface area contributed by atoms with Gasteiger partial charge in [0, 0.05) is 13.0 Å². The van der Waals surface area contributed by atoms with Crippen LogP contribution < -0.4 is 0 Å². The van der Waals surface area contributed by atoms with Crippen molar-refractivity contribution in [3.63, 3.8) is 0 Å². The predicted octanol–water partition coefficient (Wildman–Crippen LogP) is 5.32. The highest BCUT2D eigenvalue weighted by Crippen LogP contribution is 2.32. The third-order valence-corrected chi connectivity index (χ3v) is 6.46. The van der Waals surface area contributed by atoms with Gasteiger partial charge in [0.05, 0.1) is 4.91 Å². The van der Waals surface area contributed by atoms with Crippen molar-refractivity contribution in [3.8, 4) is 0 Å². The molecule has 0 aromatic heterocycles. The van der Waals surface area contributed by atoms with Crippen molar-refractivity contribution >= 4 is 46.3 Å². The van der Waals surface area contributed by atoms with Gasteiger partial charge in [0.1, 0.15) is 10.4 Å². The molecular weight excluding hydrogens is 390 g/mol. The molecule has 2 aliphatic rings. The zero-order chi connectivity index (χ0) is 19.8. The highest BCUT2D eigenvalue weighted by atomic mass is 32.2. The number of ether oxygens (including phenoxy) is 1. The van der Waals surface area contributed by atoms with Gasteiger partial charge in [0.15, 0.2) is 0 Å². The van der Waals surface area contributed by atoms with Crippen LogP contribution in [0.4, 0.5) is 0 Å². The molecule has 0 radical (unpaired) electrons. The Morgan fingerprint density at radius 2 is 1.89 bits per heavy atom. The fourth-order valence-electron chi connectivity index (χ4n) is 3.54. The topological polar surface area (TPSA) is 46.6 Å². The lowest BCUT2D eigenvalue weighted by Crippen LogP contribution is -2.29. The molecule has 1 saturated carbocycles. The maximum Gasteiger partial charge on any atom is 0.306 e. The molecule has 1 aliphatic carbocycles. The van der Waals surface area contributed by atoms with Gasteiger partial charge < -0.3 is 4.74 Å². The molecule has 1 amide bonds. The SMILES string of the molecule is O=C(CCCCCN1C(=O)/C(=C/c2ccccc2)SC1=S)OC1CCCCC1. The second kappa shape index (κ2) is 10.8. The van der Waals surface area contributed by atoms with E-state index in [0.29, 0.717) is 22.2 Å². The number of amides is 1. The van der Waals surface area contributed by atoms with Crippen LogP contribution in [0.1, 0.15) is 63.4 Å². The second-order valence-electron chi connectivity index (χ2n) is 7.30. The minimum Gasteiger partial charge on any atom is -0.462 e. The van der Waals surface area contributed by atoms with Gasteiger partial charge >= 0.3 is 5.97 Å². The number of nitrogens with zero attached hydrogens (tertiary/aromatic N) is 1. The van der Waals surface area contributed by atoms with E-state index in [9.17, 15) is 9.59 Å². The highest BCUT2D eigenvalue weighted by molar-refractivity contribution is 8.26. The standard InChI is InChI=1S/C22H27NO3S2/c24-20(26-18-12-6-2-7-13-18)14-8-3-9-15-23-21(25)19(28-22(23)27)16-17-10-4-1-5-11-17/h1,4-5,10-11,16,18H,2-3,6-9,12-15H2/b19-16-. The fourth-order valence-corrected chi connectivity index (χ4v) is 4.85. The minimum atomic E-state index is -0.0803. The van der Waals surface area contributed by atoms with E-state index in [4.69, 9.17) is 17.0 Å². The van der Waals surface area contributed by atoms with E-state index in [2.05, 4.69) is 0 Å². The molecule has 0 bridgehead atoms. The molecule has 2 fully saturated rings. The third kappa shape index (κ3) is 6.17. The van der Waals surface area contributed by atoms with Crippen molar-refractivity contribution in [2.24, 2.45) is 0 Å². The molecule has 28 heavy (non-hydrogen) atoms. The maximum absolute atomic E-state index is 12.6. The van der Waals surface area contributed by atoms with Crippen LogP contribution in [-0.4, -0.2) is 33.7 Å². The van der Waals surface area contributed by atoms with Gasteiger partial charge in [0.25, 0.3) is 5.91 Å². The average Bonchev–Trinajstić information content (AvgIpc) is 2.96.